The van der Waals surface area contributed by atoms with Gasteiger partial charge in [0.15, 0.2) is 6.29 Å². The second-order valence-corrected chi connectivity index (χ2v) is 5.24. The van der Waals surface area contributed by atoms with Crippen LogP contribution in [0.3, 0.4) is 0 Å². The number of benzene rings is 2. The van der Waals surface area contributed by atoms with Crippen molar-refractivity contribution in [1.29, 1.82) is 0 Å². The summed E-state index contributed by atoms with van der Waals surface area (Å²) in [5.41, 5.74) is 3.10. The Morgan fingerprint density at radius 3 is 2.60 bits per heavy atom. The first-order chi connectivity index (χ1) is 9.86. The first-order valence-electron chi connectivity index (χ1n) is 7.32. The number of hydrogen-bond donors (Lipinski definition) is 0. The van der Waals surface area contributed by atoms with Gasteiger partial charge in [0.05, 0.1) is 5.52 Å². The second-order valence-electron chi connectivity index (χ2n) is 5.24. The van der Waals surface area contributed by atoms with Crippen molar-refractivity contribution in [3.8, 4) is 0 Å². The standard InChI is InChI=1S/C18H19NO/c1-2-3-6-12-19-17-11-5-4-9-15(17)16-10-7-8-14(13-20)18(16)19/h4-5,7-11,13H,2-3,6,12H2,1H3. The fourth-order valence-electron chi connectivity index (χ4n) is 2.98. The molecule has 0 N–H and O–H groups in total. The van der Waals surface area contributed by atoms with E-state index in [2.05, 4.69) is 41.8 Å². The maximum Gasteiger partial charge on any atom is 0.152 e. The third kappa shape index (κ3) is 2.01. The molecule has 102 valence electrons. The molecule has 0 amide bonds. The zero-order valence-electron chi connectivity index (χ0n) is 11.8. The molecule has 1 aromatic heterocycles. The van der Waals surface area contributed by atoms with Gasteiger partial charge in [-0.2, -0.15) is 0 Å². The smallest absolute Gasteiger partial charge is 0.152 e. The molecular weight excluding hydrogens is 246 g/mol. The summed E-state index contributed by atoms with van der Waals surface area (Å²) >= 11 is 0. The molecule has 20 heavy (non-hydrogen) atoms. The third-order valence-corrected chi connectivity index (χ3v) is 3.93. The van der Waals surface area contributed by atoms with E-state index in [1.807, 2.05) is 12.1 Å². The van der Waals surface area contributed by atoms with Crippen molar-refractivity contribution in [2.24, 2.45) is 0 Å². The van der Waals surface area contributed by atoms with Gasteiger partial charge in [-0.3, -0.25) is 4.79 Å². The van der Waals surface area contributed by atoms with E-state index in [9.17, 15) is 4.79 Å². The highest BCUT2D eigenvalue weighted by molar-refractivity contribution is 6.12. The Hall–Kier alpha value is -2.09. The molecule has 2 heteroatoms. The van der Waals surface area contributed by atoms with Crippen LogP contribution in [0.4, 0.5) is 0 Å². The van der Waals surface area contributed by atoms with E-state index < -0.39 is 0 Å². The van der Waals surface area contributed by atoms with E-state index in [0.29, 0.717) is 0 Å². The summed E-state index contributed by atoms with van der Waals surface area (Å²) in [5, 5.41) is 2.42. The van der Waals surface area contributed by atoms with Gasteiger partial charge in [-0.1, -0.05) is 50.1 Å². The lowest BCUT2D eigenvalue weighted by Gasteiger charge is -2.08. The van der Waals surface area contributed by atoms with Crippen LogP contribution in [0.1, 0.15) is 36.5 Å². The van der Waals surface area contributed by atoms with Crippen LogP contribution < -0.4 is 0 Å². The minimum absolute atomic E-state index is 0.787. The molecule has 0 bridgehead atoms. The lowest BCUT2D eigenvalue weighted by Crippen LogP contribution is -1.99. The summed E-state index contributed by atoms with van der Waals surface area (Å²) in [6.07, 6.45) is 4.55. The molecule has 0 unspecified atom stereocenters. The summed E-state index contributed by atoms with van der Waals surface area (Å²) in [7, 11) is 0. The minimum Gasteiger partial charge on any atom is -0.340 e. The Morgan fingerprint density at radius 1 is 1.00 bits per heavy atom. The average Bonchev–Trinajstić information content (AvgIpc) is 2.82. The summed E-state index contributed by atoms with van der Waals surface area (Å²) in [4.78, 5) is 11.4. The van der Waals surface area contributed by atoms with E-state index in [-0.39, 0.29) is 0 Å². The largest absolute Gasteiger partial charge is 0.340 e. The third-order valence-electron chi connectivity index (χ3n) is 3.93. The Kier molecular flexibility index (Phi) is 3.55. The van der Waals surface area contributed by atoms with Crippen molar-refractivity contribution in [1.82, 2.24) is 4.57 Å². The molecule has 0 aliphatic carbocycles. The number of aromatic nitrogens is 1. The van der Waals surface area contributed by atoms with Crippen molar-refractivity contribution >= 4 is 28.1 Å². The summed E-state index contributed by atoms with van der Waals surface area (Å²) in [6.45, 7) is 3.19. The number of aryl methyl sites for hydroxylation is 1. The van der Waals surface area contributed by atoms with E-state index in [0.717, 1.165) is 30.3 Å². The second kappa shape index (κ2) is 5.49. The van der Waals surface area contributed by atoms with Crippen molar-refractivity contribution < 1.29 is 4.79 Å². The molecule has 0 saturated carbocycles. The van der Waals surface area contributed by atoms with Crippen LogP contribution in [-0.2, 0) is 6.54 Å². The number of rotatable bonds is 5. The highest BCUT2D eigenvalue weighted by Gasteiger charge is 2.12. The molecule has 2 nitrogen and oxygen atoms in total. The number of carbonyl (C=O) groups is 1. The van der Waals surface area contributed by atoms with Crippen LogP contribution in [0, 0.1) is 0 Å². The number of fused-ring (bicyclic) bond motifs is 3. The van der Waals surface area contributed by atoms with Gasteiger partial charge in [0, 0.05) is 28.4 Å². The highest BCUT2D eigenvalue weighted by Crippen LogP contribution is 2.31. The predicted molar refractivity (Wildman–Crippen MR) is 84.4 cm³/mol. The Morgan fingerprint density at radius 2 is 1.80 bits per heavy atom. The molecule has 0 spiro atoms. The SMILES string of the molecule is CCCCCn1c2ccccc2c2cccc(C=O)c21. The monoisotopic (exact) mass is 265 g/mol. The Balaban J connectivity index is 2.28. The topological polar surface area (TPSA) is 22.0 Å². The first kappa shape index (κ1) is 12.9. The van der Waals surface area contributed by atoms with E-state index in [1.165, 1.54) is 29.1 Å². The van der Waals surface area contributed by atoms with Crippen molar-refractivity contribution in [2.75, 3.05) is 0 Å². The summed E-state index contributed by atoms with van der Waals surface area (Å²) in [5.74, 6) is 0. The van der Waals surface area contributed by atoms with Gasteiger partial charge in [-0.05, 0) is 18.6 Å². The average molecular weight is 265 g/mol. The van der Waals surface area contributed by atoms with E-state index in [4.69, 9.17) is 0 Å². The molecular formula is C18H19NO. The van der Waals surface area contributed by atoms with Crippen molar-refractivity contribution in [3.05, 3.63) is 48.0 Å². The van der Waals surface area contributed by atoms with Crippen molar-refractivity contribution in [2.45, 2.75) is 32.7 Å². The van der Waals surface area contributed by atoms with Gasteiger partial charge in [-0.15, -0.1) is 0 Å². The normalized spacial score (nSPS) is 11.2. The molecule has 2 aromatic carbocycles. The molecule has 3 aromatic rings. The van der Waals surface area contributed by atoms with E-state index >= 15 is 0 Å². The lowest BCUT2D eigenvalue weighted by molar-refractivity contribution is 0.112. The zero-order chi connectivity index (χ0) is 13.9. The molecule has 0 aliphatic heterocycles. The lowest BCUT2D eigenvalue weighted by atomic mass is 10.1. The van der Waals surface area contributed by atoms with E-state index in [1.54, 1.807) is 0 Å². The summed E-state index contributed by atoms with van der Waals surface area (Å²) in [6, 6.07) is 14.4. The number of hydrogen-bond acceptors (Lipinski definition) is 1. The van der Waals surface area contributed by atoms with Gasteiger partial charge < -0.3 is 4.57 Å². The summed E-state index contributed by atoms with van der Waals surface area (Å²) < 4.78 is 2.31. The molecule has 0 saturated heterocycles. The van der Waals surface area contributed by atoms with Gasteiger partial charge in [-0.25, -0.2) is 0 Å². The maximum atomic E-state index is 11.4. The fourth-order valence-corrected chi connectivity index (χ4v) is 2.98. The first-order valence-corrected chi connectivity index (χ1v) is 7.32. The molecule has 0 fully saturated rings. The minimum atomic E-state index is 0.787. The number of nitrogens with zero attached hydrogens (tertiary/aromatic N) is 1. The molecule has 0 aliphatic rings. The van der Waals surface area contributed by atoms with Crippen LogP contribution in [0.15, 0.2) is 42.5 Å². The quantitative estimate of drug-likeness (QED) is 0.480. The van der Waals surface area contributed by atoms with Crippen LogP contribution >= 0.6 is 0 Å². The molecule has 0 atom stereocenters. The van der Waals surface area contributed by atoms with Crippen LogP contribution in [-0.4, -0.2) is 10.9 Å². The molecule has 1 heterocycles. The van der Waals surface area contributed by atoms with Crippen LogP contribution in [0.25, 0.3) is 21.8 Å². The van der Waals surface area contributed by atoms with Gasteiger partial charge >= 0.3 is 0 Å². The number of unbranched alkanes of at least 4 members (excludes halogenated alkanes) is 2. The molecule has 3 rings (SSSR count). The van der Waals surface area contributed by atoms with Gasteiger partial charge in [0.1, 0.15) is 0 Å². The zero-order valence-corrected chi connectivity index (χ0v) is 11.8. The number of aldehydes is 1. The van der Waals surface area contributed by atoms with Crippen LogP contribution in [0.5, 0.6) is 0 Å². The Bertz CT molecular complexity index is 755. The van der Waals surface area contributed by atoms with Gasteiger partial charge in [0.2, 0.25) is 0 Å². The highest BCUT2D eigenvalue weighted by atomic mass is 16.1. The molecule has 0 radical (unpaired) electrons. The Labute approximate surface area is 119 Å². The number of para-hydroxylation sites is 2. The number of carbonyl (C=O) groups excluding carboxylic acids is 1. The fraction of sp³-hybridized carbons (Fsp3) is 0.278. The van der Waals surface area contributed by atoms with Crippen molar-refractivity contribution in [3.63, 3.8) is 0 Å². The predicted octanol–water partition coefficient (Wildman–Crippen LogP) is 4.80. The van der Waals surface area contributed by atoms with Gasteiger partial charge in [0.25, 0.3) is 0 Å². The maximum absolute atomic E-state index is 11.4. The van der Waals surface area contributed by atoms with Crippen LogP contribution in [0.2, 0.25) is 0 Å².